The fourth-order valence-electron chi connectivity index (χ4n) is 2.23. The third-order valence-electron chi connectivity index (χ3n) is 3.45. The molecule has 1 aromatic carbocycles. The van der Waals surface area contributed by atoms with Crippen molar-refractivity contribution >= 4 is 11.5 Å². The van der Waals surface area contributed by atoms with Gasteiger partial charge >= 0.3 is 0 Å². The third-order valence-corrected chi connectivity index (χ3v) is 4.32. The van der Waals surface area contributed by atoms with Crippen LogP contribution in [0, 0.1) is 0 Å². The van der Waals surface area contributed by atoms with Crippen LogP contribution in [0.3, 0.4) is 0 Å². The van der Waals surface area contributed by atoms with Crippen molar-refractivity contribution in [2.24, 2.45) is 0 Å². The number of benzene rings is 1. The van der Waals surface area contributed by atoms with Gasteiger partial charge in [0.2, 0.25) is 0 Å². The van der Waals surface area contributed by atoms with E-state index in [0.29, 0.717) is 12.3 Å². The Bertz CT molecular complexity index is 534. The van der Waals surface area contributed by atoms with E-state index in [9.17, 15) is 5.11 Å². The average Bonchev–Trinajstić information content (AvgIpc) is 2.88. The summed E-state index contributed by atoms with van der Waals surface area (Å²) in [5.74, 6) is 0.538. The number of aryl methyl sites for hydroxylation is 1. The highest BCUT2D eigenvalue weighted by molar-refractivity contribution is 7.05. The van der Waals surface area contributed by atoms with E-state index in [1.54, 1.807) is 0 Å². The monoisotopic (exact) mass is 290 g/mol. The zero-order valence-corrected chi connectivity index (χ0v) is 13.2. The molecule has 0 saturated carbocycles. The van der Waals surface area contributed by atoms with Crippen LogP contribution < -0.4 is 0 Å². The van der Waals surface area contributed by atoms with Crippen LogP contribution in [0.15, 0.2) is 24.3 Å². The van der Waals surface area contributed by atoms with Crippen molar-refractivity contribution in [2.75, 3.05) is 0 Å². The first kappa shape index (κ1) is 15.1. The Kier molecular flexibility index (Phi) is 5.26. The Morgan fingerprint density at radius 1 is 1.20 bits per heavy atom. The first-order valence-electron chi connectivity index (χ1n) is 7.19. The van der Waals surface area contributed by atoms with Gasteiger partial charge in [0.25, 0.3) is 0 Å². The quantitative estimate of drug-likeness (QED) is 0.878. The smallest absolute Gasteiger partial charge is 0.0957 e. The van der Waals surface area contributed by atoms with Gasteiger partial charge in [0.05, 0.1) is 16.7 Å². The van der Waals surface area contributed by atoms with Crippen molar-refractivity contribution in [2.45, 2.75) is 52.1 Å². The number of aliphatic hydroxyl groups excluding tert-OH is 1. The lowest BCUT2D eigenvalue weighted by Gasteiger charge is -2.11. The van der Waals surface area contributed by atoms with Crippen LogP contribution in [-0.2, 0) is 12.8 Å². The second-order valence-electron chi connectivity index (χ2n) is 5.45. The molecule has 1 atom stereocenters. The van der Waals surface area contributed by atoms with Gasteiger partial charge in [-0.3, -0.25) is 0 Å². The maximum Gasteiger partial charge on any atom is 0.0957 e. The second-order valence-corrected chi connectivity index (χ2v) is 6.24. The molecule has 0 amide bonds. The van der Waals surface area contributed by atoms with Gasteiger partial charge in [0.1, 0.15) is 0 Å². The minimum absolute atomic E-state index is 0.499. The van der Waals surface area contributed by atoms with Crippen LogP contribution in [0.2, 0.25) is 0 Å². The topological polar surface area (TPSA) is 46.0 Å². The van der Waals surface area contributed by atoms with E-state index in [4.69, 9.17) is 0 Å². The Balaban J connectivity index is 2.07. The van der Waals surface area contributed by atoms with Crippen molar-refractivity contribution < 1.29 is 5.11 Å². The molecule has 108 valence electrons. The summed E-state index contributed by atoms with van der Waals surface area (Å²) in [6.07, 6.45) is 2.03. The highest BCUT2D eigenvalue weighted by Crippen LogP contribution is 2.25. The van der Waals surface area contributed by atoms with E-state index < -0.39 is 6.10 Å². The Morgan fingerprint density at radius 2 is 1.90 bits per heavy atom. The Labute approximate surface area is 124 Å². The summed E-state index contributed by atoms with van der Waals surface area (Å²) in [6.45, 7) is 6.48. The molecule has 1 N–H and O–H groups in total. The van der Waals surface area contributed by atoms with Gasteiger partial charge in [0, 0.05) is 6.42 Å². The number of rotatable bonds is 6. The van der Waals surface area contributed by atoms with Gasteiger partial charge < -0.3 is 5.11 Å². The molecule has 0 fully saturated rings. The molecule has 0 aliphatic heterocycles. The van der Waals surface area contributed by atoms with E-state index in [0.717, 1.165) is 29.0 Å². The summed E-state index contributed by atoms with van der Waals surface area (Å²) in [5.41, 5.74) is 3.43. The van der Waals surface area contributed by atoms with Crippen LogP contribution in [0.4, 0.5) is 0 Å². The van der Waals surface area contributed by atoms with E-state index >= 15 is 0 Å². The normalized spacial score (nSPS) is 12.8. The first-order valence-corrected chi connectivity index (χ1v) is 7.97. The first-order chi connectivity index (χ1) is 9.61. The fraction of sp³-hybridized carbons (Fsp3) is 0.500. The van der Waals surface area contributed by atoms with Crippen molar-refractivity contribution in [3.8, 4) is 0 Å². The third kappa shape index (κ3) is 3.64. The lowest BCUT2D eigenvalue weighted by atomic mass is 9.99. The molecule has 3 nitrogen and oxygen atoms in total. The summed E-state index contributed by atoms with van der Waals surface area (Å²) in [7, 11) is 0. The minimum Gasteiger partial charge on any atom is -0.387 e. The number of hydrogen-bond donors (Lipinski definition) is 1. The Morgan fingerprint density at radius 3 is 2.50 bits per heavy atom. The van der Waals surface area contributed by atoms with E-state index in [-0.39, 0.29) is 0 Å². The van der Waals surface area contributed by atoms with E-state index in [1.807, 2.05) is 0 Å². The van der Waals surface area contributed by atoms with Gasteiger partial charge in [-0.2, -0.15) is 0 Å². The number of aliphatic hydroxyl groups is 1. The zero-order valence-electron chi connectivity index (χ0n) is 12.3. The Hall–Kier alpha value is -1.26. The molecule has 1 heterocycles. The zero-order chi connectivity index (χ0) is 14.5. The molecular weight excluding hydrogens is 268 g/mol. The molecule has 0 radical (unpaired) electrons. The maximum atomic E-state index is 10.4. The molecule has 0 saturated heterocycles. The lowest BCUT2D eigenvalue weighted by Crippen LogP contribution is -2.03. The predicted molar refractivity (Wildman–Crippen MR) is 83.1 cm³/mol. The van der Waals surface area contributed by atoms with Gasteiger partial charge in [-0.15, -0.1) is 5.10 Å². The van der Waals surface area contributed by atoms with Crippen molar-refractivity contribution in [3.05, 3.63) is 46.0 Å². The molecule has 2 rings (SSSR count). The maximum absolute atomic E-state index is 10.4. The van der Waals surface area contributed by atoms with Crippen LogP contribution in [0.1, 0.15) is 60.9 Å². The summed E-state index contributed by atoms with van der Waals surface area (Å²) in [4.78, 5) is 0.916. The molecule has 1 unspecified atom stereocenters. The molecule has 0 bridgehead atoms. The molecule has 4 heteroatoms. The van der Waals surface area contributed by atoms with Gasteiger partial charge in [-0.1, -0.05) is 55.9 Å². The number of hydrogen-bond acceptors (Lipinski definition) is 4. The molecule has 0 spiro atoms. The lowest BCUT2D eigenvalue weighted by molar-refractivity contribution is 0.181. The van der Waals surface area contributed by atoms with Gasteiger partial charge in [-0.25, -0.2) is 0 Å². The highest BCUT2D eigenvalue weighted by atomic mass is 32.1. The summed E-state index contributed by atoms with van der Waals surface area (Å²) >= 11 is 1.31. The van der Waals surface area contributed by atoms with Crippen molar-refractivity contribution in [3.63, 3.8) is 0 Å². The molecule has 1 aromatic heterocycles. The molecule has 0 aliphatic rings. The summed E-state index contributed by atoms with van der Waals surface area (Å²) in [5, 5.41) is 14.5. The van der Waals surface area contributed by atoms with Crippen LogP contribution in [0.5, 0.6) is 0 Å². The molecule has 20 heavy (non-hydrogen) atoms. The summed E-state index contributed by atoms with van der Waals surface area (Å²) < 4.78 is 3.97. The number of nitrogens with zero attached hydrogens (tertiary/aromatic N) is 2. The molecule has 0 aliphatic carbocycles. The van der Waals surface area contributed by atoms with Gasteiger partial charge in [-0.05, 0) is 35.0 Å². The van der Waals surface area contributed by atoms with Crippen LogP contribution in [0.25, 0.3) is 0 Å². The largest absolute Gasteiger partial charge is 0.387 e. The van der Waals surface area contributed by atoms with Gasteiger partial charge in [0.15, 0.2) is 0 Å². The predicted octanol–water partition coefficient (Wildman–Crippen LogP) is 3.89. The van der Waals surface area contributed by atoms with E-state index in [2.05, 4.69) is 54.6 Å². The van der Waals surface area contributed by atoms with Crippen molar-refractivity contribution in [1.82, 2.24) is 9.59 Å². The van der Waals surface area contributed by atoms with Crippen molar-refractivity contribution in [1.29, 1.82) is 0 Å². The highest BCUT2D eigenvalue weighted by Gasteiger charge is 2.17. The SMILES string of the molecule is CCCc1nnsc1C(O)Cc1ccc(C(C)C)cc1. The fourth-order valence-corrected chi connectivity index (χ4v) is 2.91. The van der Waals surface area contributed by atoms with Crippen LogP contribution in [-0.4, -0.2) is 14.7 Å². The average molecular weight is 290 g/mol. The molecular formula is C16H22N2OS. The summed E-state index contributed by atoms with van der Waals surface area (Å²) in [6, 6.07) is 8.49. The molecule has 2 aromatic rings. The standard InChI is InChI=1S/C16H22N2OS/c1-4-5-14-16(20-18-17-14)15(19)10-12-6-8-13(9-7-12)11(2)3/h6-9,11,15,19H,4-5,10H2,1-3H3. The number of aromatic nitrogens is 2. The van der Waals surface area contributed by atoms with Crippen LogP contribution >= 0.6 is 11.5 Å². The minimum atomic E-state index is -0.499. The second kappa shape index (κ2) is 6.95. The van der Waals surface area contributed by atoms with E-state index in [1.165, 1.54) is 17.1 Å².